The van der Waals surface area contributed by atoms with Crippen LogP contribution < -0.4 is 15.5 Å². The lowest BCUT2D eigenvalue weighted by Crippen LogP contribution is -2.45. The van der Waals surface area contributed by atoms with Crippen LogP contribution in [-0.4, -0.2) is 62.5 Å². The third kappa shape index (κ3) is 8.91. The highest BCUT2D eigenvalue weighted by atomic mass is 127. The molecule has 160 valence electrons. The summed E-state index contributed by atoms with van der Waals surface area (Å²) in [4.78, 5) is 11.6. The van der Waals surface area contributed by atoms with E-state index in [1.165, 1.54) is 0 Å². The van der Waals surface area contributed by atoms with E-state index in [4.69, 9.17) is 9.47 Å². The Kier molecular flexibility index (Phi) is 12.4. The minimum atomic E-state index is 0. The number of nitrogens with one attached hydrogen (secondary N) is 2. The van der Waals surface area contributed by atoms with E-state index in [-0.39, 0.29) is 36.2 Å². The number of pyridine rings is 1. The lowest BCUT2D eigenvalue weighted by Gasteiger charge is -2.36. The zero-order valence-electron chi connectivity index (χ0n) is 17.6. The van der Waals surface area contributed by atoms with E-state index in [9.17, 15) is 0 Å². The lowest BCUT2D eigenvalue weighted by atomic mass is 10.2. The maximum absolute atomic E-state index is 5.79. The number of hydrogen-bond donors (Lipinski definition) is 2. The third-order valence-electron chi connectivity index (χ3n) is 4.28. The summed E-state index contributed by atoms with van der Waals surface area (Å²) in [6.07, 6.45) is 3.35. The van der Waals surface area contributed by atoms with E-state index in [0.717, 1.165) is 63.2 Å². The van der Waals surface area contributed by atoms with Gasteiger partial charge in [-0.1, -0.05) is 6.07 Å². The van der Waals surface area contributed by atoms with Gasteiger partial charge in [-0.3, -0.25) is 0 Å². The molecule has 1 saturated heterocycles. The van der Waals surface area contributed by atoms with Gasteiger partial charge in [0.1, 0.15) is 5.82 Å². The Bertz CT molecular complexity index is 560. The molecule has 1 aromatic rings. The van der Waals surface area contributed by atoms with Crippen LogP contribution in [0.15, 0.2) is 23.3 Å². The first kappa shape index (κ1) is 24.9. The van der Waals surface area contributed by atoms with Crippen molar-refractivity contribution in [3.05, 3.63) is 23.9 Å². The highest BCUT2D eigenvalue weighted by molar-refractivity contribution is 14.0. The maximum atomic E-state index is 5.79. The van der Waals surface area contributed by atoms with E-state index < -0.39 is 0 Å². The van der Waals surface area contributed by atoms with Gasteiger partial charge in [0, 0.05) is 45.6 Å². The van der Waals surface area contributed by atoms with E-state index in [1.807, 2.05) is 13.1 Å². The van der Waals surface area contributed by atoms with E-state index in [2.05, 4.69) is 58.4 Å². The summed E-state index contributed by atoms with van der Waals surface area (Å²) in [5, 5.41) is 6.61. The molecule has 2 atom stereocenters. The number of anilines is 1. The lowest BCUT2D eigenvalue weighted by molar-refractivity contribution is -0.00545. The number of hydrogen-bond acceptors (Lipinski definition) is 5. The second-order valence-electron chi connectivity index (χ2n) is 6.86. The molecule has 1 aromatic heterocycles. The Labute approximate surface area is 186 Å². The molecule has 0 spiro atoms. The highest BCUT2D eigenvalue weighted by Gasteiger charge is 2.22. The molecule has 2 heterocycles. The predicted octanol–water partition coefficient (Wildman–Crippen LogP) is 2.79. The number of aliphatic imine (C=N–C) groups is 1. The van der Waals surface area contributed by atoms with Crippen LogP contribution >= 0.6 is 24.0 Å². The number of rotatable bonds is 9. The van der Waals surface area contributed by atoms with Gasteiger partial charge in [-0.05, 0) is 45.7 Å². The zero-order valence-corrected chi connectivity index (χ0v) is 19.9. The summed E-state index contributed by atoms with van der Waals surface area (Å²) >= 11 is 0. The molecule has 7 nitrogen and oxygen atoms in total. The minimum absolute atomic E-state index is 0. The van der Waals surface area contributed by atoms with E-state index in [0.29, 0.717) is 6.54 Å². The molecule has 0 aromatic carbocycles. The van der Waals surface area contributed by atoms with Crippen LogP contribution in [0.2, 0.25) is 0 Å². The normalized spacial score (nSPS) is 19.9. The molecule has 0 bridgehead atoms. The van der Waals surface area contributed by atoms with Crippen LogP contribution in [0.25, 0.3) is 0 Å². The molecule has 28 heavy (non-hydrogen) atoms. The molecule has 0 radical (unpaired) electrons. The van der Waals surface area contributed by atoms with Crippen molar-refractivity contribution in [2.75, 3.05) is 44.3 Å². The molecule has 1 fully saturated rings. The topological polar surface area (TPSA) is 71.0 Å². The number of nitrogens with zero attached hydrogens (tertiary/aromatic N) is 3. The van der Waals surface area contributed by atoms with Gasteiger partial charge in [0.15, 0.2) is 5.96 Å². The van der Waals surface area contributed by atoms with Crippen molar-refractivity contribution in [2.24, 2.45) is 4.99 Å². The molecule has 2 unspecified atom stereocenters. The van der Waals surface area contributed by atoms with Gasteiger partial charge in [0.25, 0.3) is 0 Å². The van der Waals surface area contributed by atoms with Gasteiger partial charge in [-0.2, -0.15) is 0 Å². The zero-order chi connectivity index (χ0) is 19.5. The summed E-state index contributed by atoms with van der Waals surface area (Å²) in [7, 11) is 0. The molecule has 0 saturated carbocycles. The molecular formula is C20H36IN5O2. The molecule has 8 heteroatoms. The molecule has 1 aliphatic rings. The molecule has 0 aliphatic carbocycles. The van der Waals surface area contributed by atoms with Crippen molar-refractivity contribution >= 4 is 35.8 Å². The first-order valence-corrected chi connectivity index (χ1v) is 10.1. The first-order chi connectivity index (χ1) is 13.1. The van der Waals surface area contributed by atoms with E-state index >= 15 is 0 Å². The quantitative estimate of drug-likeness (QED) is 0.233. The summed E-state index contributed by atoms with van der Waals surface area (Å²) in [5.41, 5.74) is 1.10. The van der Waals surface area contributed by atoms with Gasteiger partial charge in [-0.15, -0.1) is 24.0 Å². The molecular weight excluding hydrogens is 469 g/mol. The van der Waals surface area contributed by atoms with Gasteiger partial charge >= 0.3 is 0 Å². The molecule has 2 N–H and O–H groups in total. The highest BCUT2D eigenvalue weighted by Crippen LogP contribution is 2.18. The Balaban J connectivity index is 0.00000392. The molecule has 2 rings (SSSR count). The molecule has 1 aliphatic heterocycles. The average Bonchev–Trinajstić information content (AvgIpc) is 2.65. The number of aromatic nitrogens is 1. The first-order valence-electron chi connectivity index (χ1n) is 10.1. The smallest absolute Gasteiger partial charge is 0.191 e. The number of morpholine rings is 1. The van der Waals surface area contributed by atoms with Crippen molar-refractivity contribution in [1.29, 1.82) is 0 Å². The average molecular weight is 505 g/mol. The third-order valence-corrected chi connectivity index (χ3v) is 4.28. The van der Waals surface area contributed by atoms with Gasteiger partial charge < -0.3 is 25.0 Å². The van der Waals surface area contributed by atoms with Crippen LogP contribution in [0.1, 0.15) is 39.7 Å². The summed E-state index contributed by atoms with van der Waals surface area (Å²) in [5.74, 6) is 1.83. The summed E-state index contributed by atoms with van der Waals surface area (Å²) in [6.45, 7) is 13.9. The van der Waals surface area contributed by atoms with Crippen LogP contribution in [0.4, 0.5) is 5.82 Å². The van der Waals surface area contributed by atoms with Crippen molar-refractivity contribution < 1.29 is 9.47 Å². The van der Waals surface area contributed by atoms with Gasteiger partial charge in [0.05, 0.1) is 18.8 Å². The van der Waals surface area contributed by atoms with Crippen LogP contribution in [0, 0.1) is 0 Å². The van der Waals surface area contributed by atoms with Crippen molar-refractivity contribution in [2.45, 2.75) is 52.9 Å². The number of halogens is 1. The van der Waals surface area contributed by atoms with Crippen LogP contribution in [0.5, 0.6) is 0 Å². The fourth-order valence-electron chi connectivity index (χ4n) is 3.10. The largest absolute Gasteiger partial charge is 0.382 e. The van der Waals surface area contributed by atoms with Gasteiger partial charge in [-0.25, -0.2) is 9.98 Å². The number of ether oxygens (including phenoxy) is 2. The Morgan fingerprint density at radius 2 is 2.00 bits per heavy atom. The second-order valence-corrected chi connectivity index (χ2v) is 6.86. The van der Waals surface area contributed by atoms with Gasteiger partial charge in [0.2, 0.25) is 0 Å². The molecule has 0 amide bonds. The van der Waals surface area contributed by atoms with Crippen LogP contribution in [0.3, 0.4) is 0 Å². The fourth-order valence-corrected chi connectivity index (χ4v) is 3.10. The SMILES string of the molecule is CCNC(=NCc1ccc(N2CC(C)OC(C)C2)nc1)NCCCOCC.I. The van der Waals surface area contributed by atoms with Crippen molar-refractivity contribution in [1.82, 2.24) is 15.6 Å². The fraction of sp³-hybridized carbons (Fsp3) is 0.700. The van der Waals surface area contributed by atoms with Crippen molar-refractivity contribution in [3.8, 4) is 0 Å². The predicted molar refractivity (Wildman–Crippen MR) is 126 cm³/mol. The van der Waals surface area contributed by atoms with Crippen LogP contribution in [-0.2, 0) is 16.0 Å². The second kappa shape index (κ2) is 13.9. The number of guanidine groups is 1. The minimum Gasteiger partial charge on any atom is -0.382 e. The summed E-state index contributed by atoms with van der Waals surface area (Å²) in [6, 6.07) is 4.19. The Morgan fingerprint density at radius 1 is 1.25 bits per heavy atom. The standard InChI is InChI=1S/C20H35N5O2.HI/c1-5-21-20(22-10-7-11-26-6-2)24-13-18-8-9-19(23-12-18)25-14-16(3)27-17(4)15-25;/h8-9,12,16-17H,5-7,10-11,13-15H2,1-4H3,(H2,21,22,24);1H. The monoisotopic (exact) mass is 505 g/mol. The maximum Gasteiger partial charge on any atom is 0.191 e. The Hall–Kier alpha value is -1.13. The summed E-state index contributed by atoms with van der Waals surface area (Å²) < 4.78 is 11.2. The Morgan fingerprint density at radius 3 is 2.61 bits per heavy atom. The van der Waals surface area contributed by atoms with E-state index in [1.54, 1.807) is 0 Å². The van der Waals surface area contributed by atoms with Crippen molar-refractivity contribution in [3.63, 3.8) is 0 Å².